The highest BCUT2D eigenvalue weighted by atomic mass is 16.2. The summed E-state index contributed by atoms with van der Waals surface area (Å²) in [6, 6.07) is 16.0. The van der Waals surface area contributed by atoms with E-state index in [1.165, 1.54) is 16.1 Å². The Morgan fingerprint density at radius 2 is 1.85 bits per heavy atom. The molecule has 0 N–H and O–H groups in total. The van der Waals surface area contributed by atoms with E-state index in [2.05, 4.69) is 31.1 Å². The molecule has 0 radical (unpaired) electrons. The first-order valence-corrected chi connectivity index (χ1v) is 9.33. The molecule has 2 aromatic carbocycles. The van der Waals surface area contributed by atoms with Gasteiger partial charge in [-0.25, -0.2) is 5.01 Å². The zero-order valence-electron chi connectivity index (χ0n) is 16.4. The summed E-state index contributed by atoms with van der Waals surface area (Å²) in [6.45, 7) is 7.80. The van der Waals surface area contributed by atoms with Gasteiger partial charge < -0.3 is 4.79 Å². The van der Waals surface area contributed by atoms with Crippen LogP contribution in [0.4, 0.5) is 0 Å². The van der Waals surface area contributed by atoms with Gasteiger partial charge in [-0.3, -0.25) is 4.79 Å². The van der Waals surface area contributed by atoms with E-state index in [1.54, 1.807) is 6.92 Å². The Hall–Kier alpha value is -2.75. The zero-order chi connectivity index (χ0) is 19.6. The third-order valence-electron chi connectivity index (χ3n) is 5.33. The van der Waals surface area contributed by atoms with Crippen molar-refractivity contribution in [1.29, 1.82) is 0 Å². The summed E-state index contributed by atoms with van der Waals surface area (Å²) in [5.41, 5.74) is 4.21. The molecule has 27 heavy (non-hydrogen) atoms. The Morgan fingerprint density at radius 1 is 1.15 bits per heavy atom. The molecule has 2 unspecified atom stereocenters. The average molecular weight is 362 g/mol. The largest absolute Gasteiger partial charge is 0.301 e. The minimum Gasteiger partial charge on any atom is -0.301 e. The van der Waals surface area contributed by atoms with E-state index in [-0.39, 0.29) is 11.8 Å². The molecule has 140 valence electrons. The maximum atomic E-state index is 12.9. The highest BCUT2D eigenvalue weighted by Gasteiger charge is 2.40. The first-order valence-electron chi connectivity index (χ1n) is 9.33. The molecule has 0 bridgehead atoms. The standard InChI is InChI=1S/C23H26N2O2/c1-16-10-11-19(12-17(16)2)14-23(4,15-26)25-22(27)18(3)13-21(24-25)20-8-6-5-7-9-20/h5-12,15,18H,13-14H2,1-4H3. The molecule has 0 aromatic heterocycles. The molecule has 0 fully saturated rings. The predicted octanol–water partition coefficient (Wildman–Crippen LogP) is 4.08. The van der Waals surface area contributed by atoms with Crippen LogP contribution in [0.2, 0.25) is 0 Å². The Morgan fingerprint density at radius 3 is 2.48 bits per heavy atom. The van der Waals surface area contributed by atoms with Crippen molar-refractivity contribution in [3.63, 3.8) is 0 Å². The van der Waals surface area contributed by atoms with Crippen molar-refractivity contribution >= 4 is 17.9 Å². The number of carbonyl (C=O) groups is 2. The van der Waals surface area contributed by atoms with Crippen LogP contribution in [0.5, 0.6) is 0 Å². The van der Waals surface area contributed by atoms with Crippen LogP contribution in [0, 0.1) is 19.8 Å². The lowest BCUT2D eigenvalue weighted by molar-refractivity contribution is -0.145. The summed E-state index contributed by atoms with van der Waals surface area (Å²) in [5.74, 6) is -0.315. The van der Waals surface area contributed by atoms with Crippen molar-refractivity contribution in [2.24, 2.45) is 11.0 Å². The molecule has 4 nitrogen and oxygen atoms in total. The van der Waals surface area contributed by atoms with Crippen molar-refractivity contribution in [2.75, 3.05) is 0 Å². The second-order valence-electron chi connectivity index (χ2n) is 7.74. The lowest BCUT2D eigenvalue weighted by Crippen LogP contribution is -2.53. The van der Waals surface area contributed by atoms with E-state index >= 15 is 0 Å². The van der Waals surface area contributed by atoms with E-state index in [4.69, 9.17) is 0 Å². The van der Waals surface area contributed by atoms with Gasteiger partial charge in [-0.15, -0.1) is 0 Å². The highest BCUT2D eigenvalue weighted by molar-refractivity contribution is 6.05. The molecular weight excluding hydrogens is 336 g/mol. The lowest BCUT2D eigenvalue weighted by atomic mass is 9.89. The van der Waals surface area contributed by atoms with E-state index in [1.807, 2.05) is 43.3 Å². The molecule has 3 rings (SSSR count). The summed E-state index contributed by atoms with van der Waals surface area (Å²) in [7, 11) is 0. The number of amides is 1. The van der Waals surface area contributed by atoms with Crippen LogP contribution in [-0.4, -0.2) is 28.5 Å². The fourth-order valence-corrected chi connectivity index (χ4v) is 3.46. The minimum atomic E-state index is -1.02. The van der Waals surface area contributed by atoms with Gasteiger partial charge in [0.25, 0.3) is 0 Å². The summed E-state index contributed by atoms with van der Waals surface area (Å²) >= 11 is 0. The molecule has 0 aliphatic carbocycles. The van der Waals surface area contributed by atoms with Crippen molar-refractivity contribution in [2.45, 2.75) is 46.1 Å². The average Bonchev–Trinajstić information content (AvgIpc) is 2.67. The number of hydrogen-bond donors (Lipinski definition) is 0. The third-order valence-corrected chi connectivity index (χ3v) is 5.33. The zero-order valence-corrected chi connectivity index (χ0v) is 16.4. The van der Waals surface area contributed by atoms with Gasteiger partial charge in [0.05, 0.1) is 5.71 Å². The summed E-state index contributed by atoms with van der Waals surface area (Å²) in [4.78, 5) is 25.0. The molecule has 0 saturated carbocycles. The number of nitrogens with zero attached hydrogens (tertiary/aromatic N) is 2. The quantitative estimate of drug-likeness (QED) is 0.753. The van der Waals surface area contributed by atoms with E-state index < -0.39 is 5.54 Å². The van der Waals surface area contributed by atoms with Gasteiger partial charge in [0.2, 0.25) is 5.91 Å². The second-order valence-corrected chi connectivity index (χ2v) is 7.74. The first-order chi connectivity index (χ1) is 12.8. The summed E-state index contributed by atoms with van der Waals surface area (Å²) < 4.78 is 0. The smallest absolute Gasteiger partial charge is 0.246 e. The number of hydrazone groups is 1. The van der Waals surface area contributed by atoms with Gasteiger partial charge in [-0.2, -0.15) is 5.10 Å². The predicted molar refractivity (Wildman–Crippen MR) is 108 cm³/mol. The summed E-state index contributed by atoms with van der Waals surface area (Å²) in [6.07, 6.45) is 1.86. The van der Waals surface area contributed by atoms with Crippen LogP contribution >= 0.6 is 0 Å². The first kappa shape index (κ1) is 19.0. The van der Waals surface area contributed by atoms with Gasteiger partial charge in [-0.05, 0) is 43.0 Å². The SMILES string of the molecule is Cc1ccc(CC(C)(C=O)N2N=C(c3ccccc3)CC(C)C2=O)cc1C. The maximum absolute atomic E-state index is 12.9. The van der Waals surface area contributed by atoms with Gasteiger partial charge >= 0.3 is 0 Å². The molecule has 2 aromatic rings. The number of rotatable bonds is 5. The Kier molecular flexibility index (Phi) is 5.26. The lowest BCUT2D eigenvalue weighted by Gasteiger charge is -2.38. The maximum Gasteiger partial charge on any atom is 0.246 e. The van der Waals surface area contributed by atoms with Crippen LogP contribution < -0.4 is 0 Å². The Bertz CT molecular complexity index is 889. The van der Waals surface area contributed by atoms with Crippen LogP contribution in [0.15, 0.2) is 53.6 Å². The van der Waals surface area contributed by atoms with Crippen LogP contribution in [0.1, 0.15) is 42.5 Å². The van der Waals surface area contributed by atoms with E-state index in [0.29, 0.717) is 12.8 Å². The van der Waals surface area contributed by atoms with Crippen molar-refractivity contribution in [1.82, 2.24) is 5.01 Å². The summed E-state index contributed by atoms with van der Waals surface area (Å²) in [5, 5.41) is 6.04. The molecule has 1 amide bonds. The molecule has 4 heteroatoms. The van der Waals surface area contributed by atoms with E-state index in [9.17, 15) is 9.59 Å². The topological polar surface area (TPSA) is 49.7 Å². The van der Waals surface area contributed by atoms with Gasteiger partial charge in [-0.1, -0.05) is 55.5 Å². The number of hydrogen-bond acceptors (Lipinski definition) is 3. The number of carbonyl (C=O) groups excluding carboxylic acids is 2. The van der Waals surface area contributed by atoms with Crippen molar-refractivity contribution < 1.29 is 9.59 Å². The molecule has 0 spiro atoms. The Labute approximate surface area is 160 Å². The number of aldehydes is 1. The molecule has 1 heterocycles. The third kappa shape index (κ3) is 3.85. The molecule has 0 saturated heterocycles. The second kappa shape index (κ2) is 7.47. The number of benzene rings is 2. The normalized spacial score (nSPS) is 19.4. The van der Waals surface area contributed by atoms with Crippen LogP contribution in [0.25, 0.3) is 0 Å². The highest BCUT2D eigenvalue weighted by Crippen LogP contribution is 2.28. The van der Waals surface area contributed by atoms with E-state index in [0.717, 1.165) is 23.1 Å². The van der Waals surface area contributed by atoms with Gasteiger partial charge in [0, 0.05) is 18.8 Å². The number of aryl methyl sites for hydroxylation is 2. The van der Waals surface area contributed by atoms with Gasteiger partial charge in [0.15, 0.2) is 0 Å². The van der Waals surface area contributed by atoms with Gasteiger partial charge in [0.1, 0.15) is 11.8 Å². The fourth-order valence-electron chi connectivity index (χ4n) is 3.46. The fraction of sp³-hybridized carbons (Fsp3) is 0.348. The molecular formula is C23H26N2O2. The molecule has 1 aliphatic rings. The van der Waals surface area contributed by atoms with Crippen molar-refractivity contribution in [3.8, 4) is 0 Å². The molecule has 1 aliphatic heterocycles. The molecule has 2 atom stereocenters. The van der Waals surface area contributed by atoms with Crippen LogP contribution in [-0.2, 0) is 16.0 Å². The monoisotopic (exact) mass is 362 g/mol. The van der Waals surface area contributed by atoms with Crippen LogP contribution in [0.3, 0.4) is 0 Å². The van der Waals surface area contributed by atoms with Crippen molar-refractivity contribution in [3.05, 3.63) is 70.8 Å². The minimum absolute atomic E-state index is 0.104. The Balaban J connectivity index is 1.99.